The average Bonchev–Trinajstić information content (AvgIpc) is 2.48. The number of aliphatic hydroxyl groups is 1. The van der Waals surface area contributed by atoms with Crippen LogP contribution < -0.4 is 5.32 Å². The molecule has 2 nitrogen and oxygen atoms in total. The zero-order valence-corrected chi connectivity index (χ0v) is 12.7. The first-order chi connectivity index (χ1) is 9.99. The molecule has 2 N–H and O–H groups in total. The molecule has 0 aromatic heterocycles. The molecule has 0 aliphatic rings. The average molecular weight is 287 g/mol. The van der Waals surface area contributed by atoms with E-state index in [0.717, 1.165) is 5.56 Å². The third kappa shape index (κ3) is 3.82. The van der Waals surface area contributed by atoms with Gasteiger partial charge in [-0.2, -0.15) is 0 Å². The van der Waals surface area contributed by atoms with Crippen molar-refractivity contribution >= 4 is 5.69 Å². The van der Waals surface area contributed by atoms with E-state index in [1.807, 2.05) is 30.3 Å². The Labute approximate surface area is 125 Å². The second-order valence-electron chi connectivity index (χ2n) is 5.63. The van der Waals surface area contributed by atoms with Crippen molar-refractivity contribution in [2.45, 2.75) is 32.8 Å². The summed E-state index contributed by atoms with van der Waals surface area (Å²) in [5, 5.41) is 13.3. The van der Waals surface area contributed by atoms with Crippen LogP contribution in [0.25, 0.3) is 0 Å². The minimum absolute atomic E-state index is 0.240. The first kappa shape index (κ1) is 15.5. The topological polar surface area (TPSA) is 32.3 Å². The van der Waals surface area contributed by atoms with Crippen LogP contribution in [0.1, 0.15) is 42.6 Å². The molecule has 0 amide bonds. The molecule has 1 unspecified atom stereocenters. The van der Waals surface area contributed by atoms with Crippen LogP contribution in [-0.4, -0.2) is 11.7 Å². The van der Waals surface area contributed by atoms with Crippen molar-refractivity contribution in [3.8, 4) is 0 Å². The number of hydrogen-bond acceptors (Lipinski definition) is 2. The molecule has 0 aliphatic carbocycles. The quantitative estimate of drug-likeness (QED) is 0.854. The zero-order chi connectivity index (χ0) is 15.4. The molecule has 0 radical (unpaired) electrons. The minimum Gasteiger partial charge on any atom is -0.387 e. The van der Waals surface area contributed by atoms with Crippen LogP contribution in [0.5, 0.6) is 0 Å². The highest BCUT2D eigenvalue weighted by molar-refractivity contribution is 5.51. The molecule has 0 fully saturated rings. The number of hydrogen-bond donors (Lipinski definition) is 2. The van der Waals surface area contributed by atoms with Crippen LogP contribution in [-0.2, 0) is 0 Å². The lowest BCUT2D eigenvalue weighted by Crippen LogP contribution is -2.13. The maximum absolute atomic E-state index is 13.4. The Hall–Kier alpha value is -1.87. The third-order valence-corrected chi connectivity index (χ3v) is 3.74. The van der Waals surface area contributed by atoms with E-state index >= 15 is 0 Å². The smallest absolute Gasteiger partial charge is 0.128 e. The number of rotatable bonds is 5. The largest absolute Gasteiger partial charge is 0.387 e. The van der Waals surface area contributed by atoms with E-state index in [-0.39, 0.29) is 5.82 Å². The second-order valence-corrected chi connectivity index (χ2v) is 5.63. The van der Waals surface area contributed by atoms with Crippen LogP contribution in [0, 0.1) is 12.7 Å². The van der Waals surface area contributed by atoms with E-state index in [1.165, 1.54) is 11.6 Å². The first-order valence-corrected chi connectivity index (χ1v) is 7.26. The molecule has 21 heavy (non-hydrogen) atoms. The predicted molar refractivity (Wildman–Crippen MR) is 85.1 cm³/mol. The van der Waals surface area contributed by atoms with Crippen LogP contribution in [0.2, 0.25) is 0 Å². The Morgan fingerprint density at radius 1 is 1.05 bits per heavy atom. The van der Waals surface area contributed by atoms with Crippen molar-refractivity contribution in [1.82, 2.24) is 0 Å². The van der Waals surface area contributed by atoms with Gasteiger partial charge in [0.05, 0.1) is 6.10 Å². The fourth-order valence-electron chi connectivity index (χ4n) is 2.23. The Morgan fingerprint density at radius 3 is 2.29 bits per heavy atom. The number of anilines is 1. The molecule has 0 bridgehead atoms. The van der Waals surface area contributed by atoms with Gasteiger partial charge in [0.15, 0.2) is 0 Å². The van der Waals surface area contributed by atoms with E-state index in [1.54, 1.807) is 13.0 Å². The third-order valence-electron chi connectivity index (χ3n) is 3.74. The highest BCUT2D eigenvalue weighted by atomic mass is 19.1. The monoisotopic (exact) mass is 287 g/mol. The van der Waals surface area contributed by atoms with E-state index in [9.17, 15) is 9.50 Å². The number of aliphatic hydroxyl groups excluding tert-OH is 1. The highest BCUT2D eigenvalue weighted by Crippen LogP contribution is 2.21. The van der Waals surface area contributed by atoms with Gasteiger partial charge in [-0.05, 0) is 36.1 Å². The normalized spacial score (nSPS) is 12.5. The lowest BCUT2D eigenvalue weighted by Gasteiger charge is -2.16. The predicted octanol–water partition coefficient (Wildman–Crippen LogP) is 4.40. The molecule has 2 rings (SSSR count). The molecule has 0 heterocycles. The molecular formula is C18H22FNO. The lowest BCUT2D eigenvalue weighted by atomic mass is 10.00. The second kappa shape index (κ2) is 6.72. The van der Waals surface area contributed by atoms with Crippen molar-refractivity contribution < 1.29 is 9.50 Å². The Bertz CT molecular complexity index is 593. The summed E-state index contributed by atoms with van der Waals surface area (Å²) in [6.45, 7) is 6.35. The molecule has 0 spiro atoms. The molecule has 1 atom stereocenters. The van der Waals surface area contributed by atoms with Crippen LogP contribution in [0.4, 0.5) is 10.1 Å². The van der Waals surface area contributed by atoms with Gasteiger partial charge in [0, 0.05) is 17.8 Å². The van der Waals surface area contributed by atoms with Gasteiger partial charge < -0.3 is 10.4 Å². The van der Waals surface area contributed by atoms with Crippen molar-refractivity contribution in [3.05, 3.63) is 65.0 Å². The fraction of sp³-hybridized carbons (Fsp3) is 0.333. The molecule has 2 aromatic carbocycles. The summed E-state index contributed by atoms with van der Waals surface area (Å²) in [6, 6.07) is 12.9. The Morgan fingerprint density at radius 2 is 1.67 bits per heavy atom. The van der Waals surface area contributed by atoms with Crippen molar-refractivity contribution in [1.29, 1.82) is 0 Å². The number of nitrogens with one attached hydrogen (secondary N) is 1. The molecule has 2 aromatic rings. The van der Waals surface area contributed by atoms with E-state index < -0.39 is 6.10 Å². The highest BCUT2D eigenvalue weighted by Gasteiger charge is 2.09. The number of halogens is 1. The Kier molecular flexibility index (Phi) is 4.97. The van der Waals surface area contributed by atoms with E-state index in [0.29, 0.717) is 23.7 Å². The number of benzene rings is 2. The van der Waals surface area contributed by atoms with Gasteiger partial charge in [-0.25, -0.2) is 4.39 Å². The van der Waals surface area contributed by atoms with Crippen molar-refractivity contribution in [2.24, 2.45) is 0 Å². The molecule has 0 saturated heterocycles. The fourth-order valence-corrected chi connectivity index (χ4v) is 2.23. The van der Waals surface area contributed by atoms with Crippen molar-refractivity contribution in [2.75, 3.05) is 11.9 Å². The van der Waals surface area contributed by atoms with E-state index in [2.05, 4.69) is 19.2 Å². The van der Waals surface area contributed by atoms with Crippen LogP contribution >= 0.6 is 0 Å². The SMILES string of the molecule is Cc1c(F)cccc1NCC(O)c1ccc(C(C)C)cc1. The van der Waals surface area contributed by atoms with Gasteiger partial charge in [-0.3, -0.25) is 0 Å². The summed E-state index contributed by atoms with van der Waals surface area (Å²) in [7, 11) is 0. The molecule has 112 valence electrons. The molecule has 0 aliphatic heterocycles. The summed E-state index contributed by atoms with van der Waals surface area (Å²) < 4.78 is 13.4. The summed E-state index contributed by atoms with van der Waals surface area (Å²) in [5.74, 6) is 0.236. The lowest BCUT2D eigenvalue weighted by molar-refractivity contribution is 0.191. The van der Waals surface area contributed by atoms with Gasteiger partial charge in [0.25, 0.3) is 0 Å². The maximum Gasteiger partial charge on any atom is 0.128 e. The van der Waals surface area contributed by atoms with Gasteiger partial charge in [-0.1, -0.05) is 44.2 Å². The van der Waals surface area contributed by atoms with Crippen molar-refractivity contribution in [3.63, 3.8) is 0 Å². The molecular weight excluding hydrogens is 265 g/mol. The van der Waals surface area contributed by atoms with Gasteiger partial charge in [0.2, 0.25) is 0 Å². The zero-order valence-electron chi connectivity index (χ0n) is 12.7. The minimum atomic E-state index is -0.617. The summed E-state index contributed by atoms with van der Waals surface area (Å²) >= 11 is 0. The first-order valence-electron chi connectivity index (χ1n) is 7.26. The van der Waals surface area contributed by atoms with Gasteiger partial charge >= 0.3 is 0 Å². The van der Waals surface area contributed by atoms with Crippen LogP contribution in [0.15, 0.2) is 42.5 Å². The molecule has 3 heteroatoms. The Balaban J connectivity index is 2.01. The summed E-state index contributed by atoms with van der Waals surface area (Å²) in [5.41, 5.74) is 3.40. The van der Waals surface area contributed by atoms with E-state index in [4.69, 9.17) is 0 Å². The summed E-state index contributed by atoms with van der Waals surface area (Å²) in [4.78, 5) is 0. The van der Waals surface area contributed by atoms with Gasteiger partial charge in [0.1, 0.15) is 5.82 Å². The summed E-state index contributed by atoms with van der Waals surface area (Å²) in [6.07, 6.45) is -0.617. The molecule has 0 saturated carbocycles. The van der Waals surface area contributed by atoms with Gasteiger partial charge in [-0.15, -0.1) is 0 Å². The van der Waals surface area contributed by atoms with Crippen LogP contribution in [0.3, 0.4) is 0 Å². The maximum atomic E-state index is 13.4. The standard InChI is InChI=1S/C18H22FNO/c1-12(2)14-7-9-15(10-8-14)18(21)11-20-17-6-4-5-16(19)13(17)3/h4-10,12,18,20-21H,11H2,1-3H3.